The molecule has 0 bridgehead atoms. The molecule has 0 radical (unpaired) electrons. The standard InChI is InChI=1S/C12H8Cl6N4O2/c13-11(14,15)8-20-7(21-9(22-8)12(16,17)18)10(24)3-1-5(2-4-10)6(19)23/h1-3,24H,4H2,(H2,19,23). The quantitative estimate of drug-likeness (QED) is 0.671. The van der Waals surface area contributed by atoms with Crippen LogP contribution in [0.3, 0.4) is 0 Å². The summed E-state index contributed by atoms with van der Waals surface area (Å²) >= 11 is 34.7. The Kier molecular flexibility index (Phi) is 5.63. The first-order valence-electron chi connectivity index (χ1n) is 6.15. The topological polar surface area (TPSA) is 102 Å². The van der Waals surface area contributed by atoms with Crippen LogP contribution in [0.4, 0.5) is 0 Å². The number of nitrogens with two attached hydrogens (primary N) is 1. The number of rotatable bonds is 2. The van der Waals surface area contributed by atoms with Gasteiger partial charge in [-0.25, -0.2) is 15.0 Å². The fourth-order valence-corrected chi connectivity index (χ4v) is 2.31. The minimum Gasteiger partial charge on any atom is -0.377 e. The maximum atomic E-state index is 11.1. The van der Waals surface area contributed by atoms with Crippen molar-refractivity contribution in [1.29, 1.82) is 0 Å². The zero-order chi connectivity index (χ0) is 18.3. The molecule has 130 valence electrons. The Morgan fingerprint density at radius 2 is 1.58 bits per heavy atom. The molecule has 24 heavy (non-hydrogen) atoms. The predicted octanol–water partition coefficient (Wildman–Crippen LogP) is 3.08. The van der Waals surface area contributed by atoms with Gasteiger partial charge >= 0.3 is 0 Å². The largest absolute Gasteiger partial charge is 0.377 e. The summed E-state index contributed by atoms with van der Waals surface area (Å²) in [5.41, 5.74) is 3.67. The van der Waals surface area contributed by atoms with Gasteiger partial charge in [0.25, 0.3) is 0 Å². The SMILES string of the molecule is NC(=O)C1=CCC(O)(c2nc(C(Cl)(Cl)Cl)nc(C(Cl)(Cl)Cl)n2)C=C1. The third kappa shape index (κ3) is 4.43. The number of aliphatic hydroxyl groups is 1. The van der Waals surface area contributed by atoms with Gasteiger partial charge in [-0.15, -0.1) is 0 Å². The molecule has 0 saturated heterocycles. The summed E-state index contributed by atoms with van der Waals surface area (Å²) in [6.07, 6.45) is 3.94. The zero-order valence-electron chi connectivity index (χ0n) is 11.5. The molecule has 1 aliphatic rings. The fraction of sp³-hybridized carbons (Fsp3) is 0.333. The highest BCUT2D eigenvalue weighted by Crippen LogP contribution is 2.41. The molecule has 0 aromatic carbocycles. The number of alkyl halides is 6. The normalized spacial score (nSPS) is 21.5. The highest BCUT2D eigenvalue weighted by atomic mass is 35.6. The van der Waals surface area contributed by atoms with Crippen LogP contribution in [0.1, 0.15) is 23.9 Å². The van der Waals surface area contributed by atoms with Crippen LogP contribution in [-0.4, -0.2) is 26.0 Å². The zero-order valence-corrected chi connectivity index (χ0v) is 16.0. The van der Waals surface area contributed by atoms with Crippen molar-refractivity contribution in [2.45, 2.75) is 19.6 Å². The smallest absolute Gasteiger partial charge is 0.250 e. The number of carbonyl (C=O) groups is 1. The van der Waals surface area contributed by atoms with Gasteiger partial charge in [-0.05, 0) is 6.08 Å². The molecule has 1 amide bonds. The number of aromatic nitrogens is 3. The second-order valence-corrected chi connectivity index (χ2v) is 9.35. The van der Waals surface area contributed by atoms with Crippen molar-refractivity contribution >= 4 is 75.5 Å². The summed E-state index contributed by atoms with van der Waals surface area (Å²) in [4.78, 5) is 22.8. The van der Waals surface area contributed by atoms with E-state index in [0.29, 0.717) is 0 Å². The van der Waals surface area contributed by atoms with Gasteiger partial charge in [0.1, 0.15) is 5.60 Å². The first-order valence-corrected chi connectivity index (χ1v) is 8.42. The average molecular weight is 453 g/mol. The van der Waals surface area contributed by atoms with E-state index in [1.165, 1.54) is 18.2 Å². The van der Waals surface area contributed by atoms with Crippen LogP contribution < -0.4 is 5.73 Å². The molecule has 0 saturated carbocycles. The first-order chi connectivity index (χ1) is 10.8. The molecule has 12 heteroatoms. The minimum atomic E-state index is -2.04. The van der Waals surface area contributed by atoms with E-state index in [2.05, 4.69) is 15.0 Å². The number of hydrogen-bond acceptors (Lipinski definition) is 5. The van der Waals surface area contributed by atoms with Gasteiger partial charge in [-0.2, -0.15) is 0 Å². The summed E-state index contributed by atoms with van der Waals surface area (Å²) in [5, 5.41) is 10.7. The molecule has 3 N–H and O–H groups in total. The molecule has 2 rings (SSSR count). The molecule has 1 heterocycles. The average Bonchev–Trinajstić information content (AvgIpc) is 2.45. The molecule has 0 spiro atoms. The summed E-state index contributed by atoms with van der Waals surface area (Å²) in [6, 6.07) is 0. The summed E-state index contributed by atoms with van der Waals surface area (Å²) in [7, 11) is 0. The number of amides is 1. The number of hydrogen-bond donors (Lipinski definition) is 2. The Hall–Kier alpha value is -0.340. The Morgan fingerprint density at radius 1 is 1.08 bits per heavy atom. The highest BCUT2D eigenvalue weighted by Gasteiger charge is 2.39. The van der Waals surface area contributed by atoms with E-state index in [1.807, 2.05) is 0 Å². The lowest BCUT2D eigenvalue weighted by Gasteiger charge is -2.26. The van der Waals surface area contributed by atoms with Crippen molar-refractivity contribution in [3.63, 3.8) is 0 Å². The number of carbonyl (C=O) groups excluding carboxylic acids is 1. The number of nitrogens with zero attached hydrogens (tertiary/aromatic N) is 3. The van der Waals surface area contributed by atoms with E-state index in [1.54, 1.807) is 0 Å². The summed E-state index contributed by atoms with van der Waals surface area (Å²) in [5.74, 6) is -1.51. The highest BCUT2D eigenvalue weighted by molar-refractivity contribution is 6.67. The molecule has 0 aliphatic heterocycles. The van der Waals surface area contributed by atoms with Crippen LogP contribution >= 0.6 is 69.6 Å². The third-order valence-corrected chi connectivity index (χ3v) is 4.00. The number of primary amides is 1. The molecule has 1 unspecified atom stereocenters. The molecule has 1 aromatic rings. The Bertz CT molecular complexity index is 708. The van der Waals surface area contributed by atoms with Gasteiger partial charge in [-0.1, -0.05) is 81.8 Å². The van der Waals surface area contributed by atoms with Gasteiger partial charge in [0.05, 0.1) is 0 Å². The third-order valence-electron chi connectivity index (χ3n) is 2.99. The molecule has 1 atom stereocenters. The van der Waals surface area contributed by atoms with Crippen LogP contribution in [0.2, 0.25) is 0 Å². The van der Waals surface area contributed by atoms with E-state index < -0.39 is 19.1 Å². The molecule has 1 aromatic heterocycles. The van der Waals surface area contributed by atoms with Gasteiger partial charge in [0.15, 0.2) is 17.5 Å². The maximum Gasteiger partial charge on any atom is 0.250 e. The van der Waals surface area contributed by atoms with Crippen LogP contribution in [-0.2, 0) is 18.0 Å². The molecule has 6 nitrogen and oxygen atoms in total. The van der Waals surface area contributed by atoms with Crippen molar-refractivity contribution in [3.05, 3.63) is 41.3 Å². The first kappa shape index (κ1) is 20.0. The Morgan fingerprint density at radius 3 is 1.92 bits per heavy atom. The van der Waals surface area contributed by atoms with Crippen LogP contribution in [0.15, 0.2) is 23.8 Å². The Balaban J connectivity index is 2.55. The van der Waals surface area contributed by atoms with E-state index >= 15 is 0 Å². The van der Waals surface area contributed by atoms with Gasteiger partial charge in [0, 0.05) is 12.0 Å². The lowest BCUT2D eigenvalue weighted by molar-refractivity contribution is -0.114. The van der Waals surface area contributed by atoms with E-state index in [9.17, 15) is 9.90 Å². The Labute approximate surface area is 166 Å². The molecular formula is C12H8Cl6N4O2. The second kappa shape index (κ2) is 6.76. The summed E-state index contributed by atoms with van der Waals surface area (Å²) in [6.45, 7) is 0. The van der Waals surface area contributed by atoms with Crippen LogP contribution in [0, 0.1) is 0 Å². The lowest BCUT2D eigenvalue weighted by atomic mass is 9.91. The molecular weight excluding hydrogens is 445 g/mol. The van der Waals surface area contributed by atoms with Gasteiger partial charge < -0.3 is 10.8 Å². The van der Waals surface area contributed by atoms with Crippen molar-refractivity contribution in [2.24, 2.45) is 5.73 Å². The number of halogens is 6. The van der Waals surface area contributed by atoms with E-state index in [-0.39, 0.29) is 29.5 Å². The van der Waals surface area contributed by atoms with Gasteiger partial charge in [0.2, 0.25) is 13.5 Å². The molecule has 0 fully saturated rings. The summed E-state index contributed by atoms with van der Waals surface area (Å²) < 4.78 is -4.07. The minimum absolute atomic E-state index is 0.0651. The van der Waals surface area contributed by atoms with Crippen molar-refractivity contribution in [3.8, 4) is 0 Å². The predicted molar refractivity (Wildman–Crippen MR) is 93.2 cm³/mol. The van der Waals surface area contributed by atoms with Crippen LogP contribution in [0.5, 0.6) is 0 Å². The second-order valence-electron chi connectivity index (χ2n) is 4.79. The maximum absolute atomic E-state index is 11.1. The van der Waals surface area contributed by atoms with Gasteiger partial charge in [-0.3, -0.25) is 4.79 Å². The fourth-order valence-electron chi connectivity index (χ4n) is 1.80. The lowest BCUT2D eigenvalue weighted by Crippen LogP contribution is -2.31. The van der Waals surface area contributed by atoms with Crippen molar-refractivity contribution in [2.75, 3.05) is 0 Å². The monoisotopic (exact) mass is 450 g/mol. The van der Waals surface area contributed by atoms with Crippen LogP contribution in [0.25, 0.3) is 0 Å². The van der Waals surface area contributed by atoms with E-state index in [0.717, 1.165) is 0 Å². The van der Waals surface area contributed by atoms with Crippen molar-refractivity contribution < 1.29 is 9.90 Å². The van der Waals surface area contributed by atoms with Crippen molar-refractivity contribution in [1.82, 2.24) is 15.0 Å². The van der Waals surface area contributed by atoms with E-state index in [4.69, 9.17) is 75.3 Å². The molecule has 1 aliphatic carbocycles.